The van der Waals surface area contributed by atoms with Crippen LogP contribution >= 0.6 is 0 Å². The number of carbonyl (C=O) groups excluding carboxylic acids is 1. The van der Waals surface area contributed by atoms with E-state index in [2.05, 4.69) is 5.32 Å². The van der Waals surface area contributed by atoms with Crippen LogP contribution in [0.1, 0.15) is 24.2 Å². The Hall–Kier alpha value is -2.48. The van der Waals surface area contributed by atoms with Gasteiger partial charge in [0.2, 0.25) is 0 Å². The molecule has 1 aliphatic heterocycles. The normalized spacial score (nSPS) is 17.3. The Kier molecular flexibility index (Phi) is 5.51. The van der Waals surface area contributed by atoms with Crippen molar-refractivity contribution < 1.29 is 27.1 Å². The second-order valence-electron chi connectivity index (χ2n) is 6.07. The molecule has 140 valence electrons. The second-order valence-corrected chi connectivity index (χ2v) is 6.07. The third-order valence-electron chi connectivity index (χ3n) is 4.14. The van der Waals surface area contributed by atoms with Crippen molar-refractivity contribution in [2.75, 3.05) is 18.5 Å². The quantitative estimate of drug-likeness (QED) is 0.845. The predicted octanol–water partition coefficient (Wildman–Crippen LogP) is 4.51. The summed E-state index contributed by atoms with van der Waals surface area (Å²) in [5, 5.41) is 2.37. The van der Waals surface area contributed by atoms with E-state index in [1.807, 2.05) is 0 Å². The summed E-state index contributed by atoms with van der Waals surface area (Å²) >= 11 is 0. The Morgan fingerprint density at radius 3 is 2.69 bits per heavy atom. The van der Waals surface area contributed by atoms with Gasteiger partial charge in [-0.2, -0.15) is 13.2 Å². The topological polar surface area (TPSA) is 54.7 Å². The zero-order valence-corrected chi connectivity index (χ0v) is 14.0. The molecule has 8 heteroatoms. The van der Waals surface area contributed by atoms with Crippen molar-refractivity contribution in [3.05, 3.63) is 54.0 Å². The smallest absolute Gasteiger partial charge is 0.418 e. The van der Waals surface area contributed by atoms with E-state index in [1.54, 1.807) is 12.1 Å². The van der Waals surface area contributed by atoms with Crippen LogP contribution in [0.25, 0.3) is 0 Å². The van der Waals surface area contributed by atoms with Gasteiger partial charge in [0.25, 0.3) is 0 Å². The summed E-state index contributed by atoms with van der Waals surface area (Å²) in [5.41, 5.74) is -1.16. The molecule has 26 heavy (non-hydrogen) atoms. The van der Waals surface area contributed by atoms with Gasteiger partial charge in [0, 0.05) is 13.2 Å². The van der Waals surface area contributed by atoms with E-state index >= 15 is 0 Å². The SMILES string of the molecule is O=C(Nc1ccccc1C(F)(F)F)N(Cc1ccco1)CC1CCCO1. The number of furan rings is 1. The van der Waals surface area contributed by atoms with Crippen molar-refractivity contribution in [1.29, 1.82) is 0 Å². The van der Waals surface area contributed by atoms with E-state index in [9.17, 15) is 18.0 Å². The fourth-order valence-electron chi connectivity index (χ4n) is 2.88. The number of ether oxygens (including phenoxy) is 1. The minimum Gasteiger partial charge on any atom is -0.467 e. The largest absolute Gasteiger partial charge is 0.467 e. The molecule has 1 aromatic heterocycles. The van der Waals surface area contributed by atoms with Crippen molar-refractivity contribution in [3.63, 3.8) is 0 Å². The van der Waals surface area contributed by atoms with Crippen molar-refractivity contribution in [2.24, 2.45) is 0 Å². The maximum atomic E-state index is 13.1. The molecule has 1 atom stereocenters. The number of anilines is 1. The van der Waals surface area contributed by atoms with E-state index in [0.717, 1.165) is 18.9 Å². The third-order valence-corrected chi connectivity index (χ3v) is 4.14. The lowest BCUT2D eigenvalue weighted by Gasteiger charge is -2.25. The number of carbonyl (C=O) groups is 1. The summed E-state index contributed by atoms with van der Waals surface area (Å²) in [4.78, 5) is 14.1. The zero-order chi connectivity index (χ0) is 18.6. The summed E-state index contributed by atoms with van der Waals surface area (Å²) in [6.45, 7) is 1.05. The van der Waals surface area contributed by atoms with E-state index in [0.29, 0.717) is 12.4 Å². The number of hydrogen-bond acceptors (Lipinski definition) is 3. The van der Waals surface area contributed by atoms with Gasteiger partial charge >= 0.3 is 12.2 Å². The van der Waals surface area contributed by atoms with Gasteiger partial charge in [0.05, 0.1) is 30.2 Å². The lowest BCUT2D eigenvalue weighted by atomic mass is 10.1. The molecule has 1 fully saturated rings. The molecule has 2 heterocycles. The van der Waals surface area contributed by atoms with Crippen LogP contribution in [0.3, 0.4) is 0 Å². The van der Waals surface area contributed by atoms with E-state index < -0.39 is 17.8 Å². The number of benzene rings is 1. The first-order chi connectivity index (χ1) is 12.4. The molecule has 0 radical (unpaired) electrons. The number of alkyl halides is 3. The van der Waals surface area contributed by atoms with Crippen molar-refractivity contribution in [2.45, 2.75) is 31.7 Å². The molecule has 1 unspecified atom stereocenters. The summed E-state index contributed by atoms with van der Waals surface area (Å²) in [5.74, 6) is 0.544. The number of amides is 2. The number of urea groups is 1. The maximum absolute atomic E-state index is 13.1. The number of rotatable bonds is 5. The summed E-state index contributed by atoms with van der Waals surface area (Å²) in [7, 11) is 0. The highest BCUT2D eigenvalue weighted by Crippen LogP contribution is 2.34. The first-order valence-corrected chi connectivity index (χ1v) is 8.29. The van der Waals surface area contributed by atoms with Crippen LogP contribution in [-0.2, 0) is 17.5 Å². The summed E-state index contributed by atoms with van der Waals surface area (Å²) < 4.78 is 50.2. The van der Waals surface area contributed by atoms with Gasteiger partial charge in [-0.05, 0) is 37.1 Å². The van der Waals surface area contributed by atoms with Gasteiger partial charge in [0.1, 0.15) is 5.76 Å². The van der Waals surface area contributed by atoms with Gasteiger partial charge in [-0.3, -0.25) is 0 Å². The molecule has 3 rings (SSSR count). The van der Waals surface area contributed by atoms with Gasteiger partial charge in [-0.25, -0.2) is 4.79 Å². The molecule has 1 aromatic carbocycles. The van der Waals surface area contributed by atoms with Crippen LogP contribution in [0.15, 0.2) is 47.1 Å². The van der Waals surface area contributed by atoms with E-state index in [1.165, 1.54) is 29.4 Å². The van der Waals surface area contributed by atoms with Gasteiger partial charge in [0.15, 0.2) is 0 Å². The average molecular weight is 368 g/mol. The van der Waals surface area contributed by atoms with Crippen LogP contribution in [-0.4, -0.2) is 30.2 Å². The Balaban J connectivity index is 1.76. The van der Waals surface area contributed by atoms with Crippen LogP contribution in [0.4, 0.5) is 23.7 Å². The molecule has 0 aliphatic carbocycles. The fourth-order valence-corrected chi connectivity index (χ4v) is 2.88. The molecule has 1 N–H and O–H groups in total. The number of nitrogens with one attached hydrogen (secondary N) is 1. The highest BCUT2D eigenvalue weighted by Gasteiger charge is 2.34. The van der Waals surface area contributed by atoms with Gasteiger partial charge in [-0.15, -0.1) is 0 Å². The van der Waals surface area contributed by atoms with Crippen LogP contribution in [0, 0.1) is 0 Å². The van der Waals surface area contributed by atoms with Crippen molar-refractivity contribution in [3.8, 4) is 0 Å². The molecule has 5 nitrogen and oxygen atoms in total. The van der Waals surface area contributed by atoms with Gasteiger partial charge in [-0.1, -0.05) is 12.1 Å². The lowest BCUT2D eigenvalue weighted by Crippen LogP contribution is -2.39. The highest BCUT2D eigenvalue weighted by molar-refractivity contribution is 5.90. The number of hydrogen-bond donors (Lipinski definition) is 1. The minimum atomic E-state index is -4.55. The third kappa shape index (κ3) is 4.57. The van der Waals surface area contributed by atoms with Gasteiger partial charge < -0.3 is 19.4 Å². The maximum Gasteiger partial charge on any atom is 0.418 e. The number of halogens is 3. The predicted molar refractivity (Wildman–Crippen MR) is 88.6 cm³/mol. The Morgan fingerprint density at radius 2 is 2.04 bits per heavy atom. The molecular formula is C18H19F3N2O3. The molecule has 1 saturated heterocycles. The monoisotopic (exact) mass is 368 g/mol. The van der Waals surface area contributed by atoms with E-state index in [-0.39, 0.29) is 24.9 Å². The first kappa shape index (κ1) is 18.3. The number of para-hydroxylation sites is 1. The standard InChI is InChI=1S/C18H19F3N2O3/c19-18(20,21)15-7-1-2-8-16(15)22-17(24)23(11-13-5-3-9-25-13)12-14-6-4-10-26-14/h1-3,5,7-9,14H,4,6,10-12H2,(H,22,24). The highest BCUT2D eigenvalue weighted by atomic mass is 19.4. The van der Waals surface area contributed by atoms with Crippen LogP contribution in [0.2, 0.25) is 0 Å². The first-order valence-electron chi connectivity index (χ1n) is 8.29. The molecule has 0 spiro atoms. The minimum absolute atomic E-state index is 0.131. The fraction of sp³-hybridized carbons (Fsp3) is 0.389. The Morgan fingerprint density at radius 1 is 1.23 bits per heavy atom. The Bertz CT molecular complexity index is 726. The van der Waals surface area contributed by atoms with Crippen LogP contribution in [0.5, 0.6) is 0 Å². The Labute approximate surface area is 148 Å². The summed E-state index contributed by atoms with van der Waals surface area (Å²) in [6.07, 6.45) is -1.49. The summed E-state index contributed by atoms with van der Waals surface area (Å²) in [6, 6.07) is 7.67. The lowest BCUT2D eigenvalue weighted by molar-refractivity contribution is -0.136. The molecule has 1 aliphatic rings. The van der Waals surface area contributed by atoms with Crippen molar-refractivity contribution >= 4 is 11.7 Å². The molecule has 2 amide bonds. The van der Waals surface area contributed by atoms with E-state index in [4.69, 9.17) is 9.15 Å². The molecular weight excluding hydrogens is 349 g/mol. The zero-order valence-electron chi connectivity index (χ0n) is 14.0. The van der Waals surface area contributed by atoms with Crippen LogP contribution < -0.4 is 5.32 Å². The van der Waals surface area contributed by atoms with Crippen molar-refractivity contribution in [1.82, 2.24) is 4.90 Å². The number of nitrogens with zero attached hydrogens (tertiary/aromatic N) is 1. The molecule has 0 saturated carbocycles. The molecule has 0 bridgehead atoms. The molecule has 2 aromatic rings. The average Bonchev–Trinajstić information content (AvgIpc) is 3.27. The second kappa shape index (κ2) is 7.82.